The van der Waals surface area contributed by atoms with Crippen molar-refractivity contribution < 1.29 is 80.2 Å². The maximum atomic E-state index is 13.2. The summed E-state index contributed by atoms with van der Waals surface area (Å²) in [6.45, 7) is 7.43. The first kappa shape index (κ1) is 108. The van der Waals surface area contributed by atoms with Crippen molar-refractivity contribution in [3.05, 3.63) is 0 Å². The van der Waals surface area contributed by atoms with Crippen LogP contribution in [0.15, 0.2) is 0 Å². The maximum Gasteiger partial charge on any atom is 0.472 e. The van der Waals surface area contributed by atoms with Crippen LogP contribution in [0.1, 0.15) is 497 Å². The van der Waals surface area contributed by atoms with Crippen molar-refractivity contribution in [1.29, 1.82) is 0 Å². The molecule has 654 valence electrons. The van der Waals surface area contributed by atoms with Crippen molar-refractivity contribution in [2.75, 3.05) is 39.6 Å². The van der Waals surface area contributed by atoms with Crippen LogP contribution >= 0.6 is 15.6 Å². The molecule has 0 rings (SSSR count). The Labute approximate surface area is 677 Å². The van der Waals surface area contributed by atoms with Crippen molar-refractivity contribution in [2.45, 2.75) is 515 Å². The molecule has 0 amide bonds. The number of ether oxygens (including phenoxy) is 4. The molecule has 0 aliphatic heterocycles. The molecule has 0 fully saturated rings. The average Bonchev–Trinajstić information content (AvgIpc) is 0.899. The van der Waals surface area contributed by atoms with Crippen molar-refractivity contribution in [3.63, 3.8) is 0 Å². The second kappa shape index (κ2) is 83.5. The van der Waals surface area contributed by atoms with Crippen molar-refractivity contribution >= 4 is 39.5 Å². The van der Waals surface area contributed by atoms with Gasteiger partial charge in [-0.2, -0.15) is 0 Å². The van der Waals surface area contributed by atoms with Gasteiger partial charge in [0.1, 0.15) is 19.3 Å². The molecular weight excluding hydrogens is 1430 g/mol. The van der Waals surface area contributed by atoms with Crippen LogP contribution in [-0.4, -0.2) is 96.7 Å². The number of unbranched alkanes of at least 4 members (excludes halogenated alkanes) is 63. The number of rotatable bonds is 91. The lowest BCUT2D eigenvalue weighted by Gasteiger charge is -2.21. The predicted octanol–water partition coefficient (Wildman–Crippen LogP) is 28.3. The van der Waals surface area contributed by atoms with Gasteiger partial charge in [-0.05, 0) is 31.6 Å². The van der Waals surface area contributed by atoms with Gasteiger partial charge in [0.05, 0.1) is 26.4 Å². The largest absolute Gasteiger partial charge is 0.472 e. The molecule has 0 spiro atoms. The smallest absolute Gasteiger partial charge is 0.462 e. The minimum absolute atomic E-state index is 0.109. The SMILES string of the molecule is CCCCCCCCCCCCCCCCCCCCCCCCC(=O)O[C@H](COC(=O)CCCCCCCCCCCCCCCCCCC(C)C)COP(=O)(O)OC[C@@H](O)COP(=O)(O)OC[C@@H](COC(=O)CCCCCCCCCCCCCC)OC(=O)CCCCCCCCCCCCCCCCCCC. The van der Waals surface area contributed by atoms with Crippen LogP contribution in [-0.2, 0) is 65.4 Å². The third-order valence-corrected chi connectivity index (χ3v) is 23.4. The molecule has 0 aliphatic carbocycles. The summed E-state index contributed by atoms with van der Waals surface area (Å²) >= 11 is 0. The molecule has 5 atom stereocenters. The third-order valence-electron chi connectivity index (χ3n) is 21.5. The van der Waals surface area contributed by atoms with Crippen LogP contribution in [0.4, 0.5) is 0 Å². The average molecular weight is 1610 g/mol. The summed E-state index contributed by atoms with van der Waals surface area (Å²) < 4.78 is 69.1. The Morgan fingerprint density at radius 2 is 0.418 bits per heavy atom. The maximum absolute atomic E-state index is 13.2. The Bertz CT molecular complexity index is 2080. The number of carbonyl (C=O) groups is 4. The fraction of sp³-hybridized carbons (Fsp3) is 0.956. The molecule has 0 aromatic heterocycles. The van der Waals surface area contributed by atoms with Crippen molar-refractivity contribution in [1.82, 2.24) is 0 Å². The van der Waals surface area contributed by atoms with E-state index in [1.165, 1.54) is 321 Å². The highest BCUT2D eigenvalue weighted by Gasteiger charge is 2.31. The zero-order valence-electron chi connectivity index (χ0n) is 72.4. The Morgan fingerprint density at radius 1 is 0.245 bits per heavy atom. The van der Waals surface area contributed by atoms with Crippen LogP contribution in [0.3, 0.4) is 0 Å². The van der Waals surface area contributed by atoms with Crippen LogP contribution in [0.2, 0.25) is 0 Å². The first-order valence-electron chi connectivity index (χ1n) is 47.1. The Balaban J connectivity index is 5.24. The molecule has 0 saturated carbocycles. The molecule has 0 saturated heterocycles. The summed E-state index contributed by atoms with van der Waals surface area (Å²) in [4.78, 5) is 73.4. The number of aliphatic hydroxyl groups is 1. The summed E-state index contributed by atoms with van der Waals surface area (Å²) in [5.41, 5.74) is 0. The third kappa shape index (κ3) is 84.0. The molecule has 0 aliphatic rings. The van der Waals surface area contributed by atoms with E-state index in [4.69, 9.17) is 37.0 Å². The Hall–Kier alpha value is -1.94. The normalized spacial score (nSPS) is 13.7. The Kier molecular flexibility index (Phi) is 82.1. The molecule has 0 radical (unpaired) electrons. The molecule has 2 unspecified atom stereocenters. The summed E-state index contributed by atoms with van der Waals surface area (Å²) in [6, 6.07) is 0. The van der Waals surface area contributed by atoms with Gasteiger partial charge in [0.2, 0.25) is 0 Å². The second-order valence-corrected chi connectivity index (χ2v) is 36.1. The van der Waals surface area contributed by atoms with Crippen molar-refractivity contribution in [3.8, 4) is 0 Å². The summed E-state index contributed by atoms with van der Waals surface area (Å²) in [5.74, 6) is -1.28. The van der Waals surface area contributed by atoms with Gasteiger partial charge in [-0.3, -0.25) is 37.3 Å². The van der Waals surface area contributed by atoms with Crippen molar-refractivity contribution in [2.24, 2.45) is 5.92 Å². The number of carbonyl (C=O) groups excluding carboxylic acids is 4. The predicted molar refractivity (Wildman–Crippen MR) is 455 cm³/mol. The fourth-order valence-electron chi connectivity index (χ4n) is 14.4. The van der Waals surface area contributed by atoms with E-state index in [1.807, 2.05) is 0 Å². The van der Waals surface area contributed by atoms with E-state index in [0.717, 1.165) is 95.8 Å². The quantitative estimate of drug-likeness (QED) is 0.0222. The highest BCUT2D eigenvalue weighted by atomic mass is 31.2. The van der Waals surface area contributed by atoms with E-state index in [2.05, 4.69) is 34.6 Å². The number of aliphatic hydroxyl groups excluding tert-OH is 1. The first-order valence-corrected chi connectivity index (χ1v) is 50.1. The lowest BCUT2D eigenvalue weighted by atomic mass is 10.0. The highest BCUT2D eigenvalue weighted by molar-refractivity contribution is 7.47. The molecular formula is C91H178O17P2. The lowest BCUT2D eigenvalue weighted by molar-refractivity contribution is -0.161. The number of hydrogen-bond acceptors (Lipinski definition) is 15. The van der Waals surface area contributed by atoms with E-state index in [-0.39, 0.29) is 25.7 Å². The summed E-state index contributed by atoms with van der Waals surface area (Å²) in [7, 11) is -9.93. The lowest BCUT2D eigenvalue weighted by Crippen LogP contribution is -2.30. The molecule has 17 nitrogen and oxygen atoms in total. The standard InChI is InChI=1S/C91H178O17P2/c1-6-9-12-15-18-21-24-27-29-31-32-33-34-35-37-43-47-52-57-62-67-72-77-91(96)108-87(81-102-89(94)75-70-65-60-55-50-45-41-39-38-40-44-48-53-58-63-68-73-84(4)5)83-106-110(99,100)104-79-85(92)78-103-109(97,98)105-82-86(80-101-88(93)74-69-64-59-54-49-26-23-20-17-14-11-8-3)107-90(95)76-71-66-61-56-51-46-42-36-30-28-25-22-19-16-13-10-7-2/h84-87,92H,6-83H2,1-5H3,(H,97,98)(H,99,100)/t85-,86+,87+/m0/s1. The Morgan fingerprint density at radius 3 is 0.618 bits per heavy atom. The molecule has 3 N–H and O–H groups in total. The molecule has 0 aromatic carbocycles. The number of phosphoric ester groups is 2. The molecule has 110 heavy (non-hydrogen) atoms. The number of phosphoric acid groups is 2. The highest BCUT2D eigenvalue weighted by Crippen LogP contribution is 2.45. The van der Waals surface area contributed by atoms with Gasteiger partial charge >= 0.3 is 39.5 Å². The van der Waals surface area contributed by atoms with Gasteiger partial charge in [0.25, 0.3) is 0 Å². The first-order chi connectivity index (χ1) is 53.5. The van der Waals surface area contributed by atoms with Gasteiger partial charge < -0.3 is 33.8 Å². The summed E-state index contributed by atoms with van der Waals surface area (Å²) in [6.07, 6.45) is 79.2. The van der Waals surface area contributed by atoms with Crippen LogP contribution in [0.5, 0.6) is 0 Å². The topological polar surface area (TPSA) is 237 Å². The molecule has 19 heteroatoms. The van der Waals surface area contributed by atoms with E-state index in [9.17, 15) is 43.2 Å². The number of hydrogen-bond donors (Lipinski definition) is 3. The van der Waals surface area contributed by atoms with E-state index < -0.39 is 97.5 Å². The second-order valence-electron chi connectivity index (χ2n) is 33.2. The van der Waals surface area contributed by atoms with Gasteiger partial charge in [-0.1, -0.05) is 446 Å². The van der Waals surface area contributed by atoms with Crippen LogP contribution in [0, 0.1) is 5.92 Å². The zero-order chi connectivity index (χ0) is 80.4. The van der Waals surface area contributed by atoms with Crippen LogP contribution in [0.25, 0.3) is 0 Å². The van der Waals surface area contributed by atoms with Gasteiger partial charge in [-0.15, -0.1) is 0 Å². The van der Waals surface area contributed by atoms with Crippen LogP contribution < -0.4 is 0 Å². The van der Waals surface area contributed by atoms with Gasteiger partial charge in [0, 0.05) is 25.7 Å². The molecule has 0 bridgehead atoms. The molecule has 0 aromatic rings. The van der Waals surface area contributed by atoms with Gasteiger partial charge in [-0.25, -0.2) is 9.13 Å². The fourth-order valence-corrected chi connectivity index (χ4v) is 15.9. The monoisotopic (exact) mass is 1610 g/mol. The van der Waals surface area contributed by atoms with E-state index >= 15 is 0 Å². The number of esters is 4. The molecule has 0 heterocycles. The minimum atomic E-state index is -4.97. The van der Waals surface area contributed by atoms with E-state index in [0.29, 0.717) is 25.7 Å². The van der Waals surface area contributed by atoms with Gasteiger partial charge in [0.15, 0.2) is 12.2 Å². The van der Waals surface area contributed by atoms with E-state index in [1.54, 1.807) is 0 Å². The summed E-state index contributed by atoms with van der Waals surface area (Å²) in [5, 5.41) is 10.7. The minimum Gasteiger partial charge on any atom is -0.462 e. The zero-order valence-corrected chi connectivity index (χ0v) is 74.2.